The maximum atomic E-state index is 11.2. The summed E-state index contributed by atoms with van der Waals surface area (Å²) < 4.78 is 5.05. The molecule has 0 aromatic carbocycles. The fourth-order valence-electron chi connectivity index (χ4n) is 1.67. The molecule has 1 atom stereocenters. The Hall–Kier alpha value is -0.900. The summed E-state index contributed by atoms with van der Waals surface area (Å²) in [5.41, 5.74) is 5.38. The van der Waals surface area contributed by atoms with Crippen molar-refractivity contribution in [3.63, 3.8) is 0 Å². The van der Waals surface area contributed by atoms with Crippen LogP contribution in [-0.4, -0.2) is 24.9 Å². The largest absolute Gasteiger partial charge is 0.466 e. The molecule has 18 heavy (non-hydrogen) atoms. The number of carbonyl (C=O) groups excluding carboxylic acids is 2. The molecular formula is C14H27NO3. The molecule has 0 radical (unpaired) electrons. The molecular weight excluding hydrogens is 230 g/mol. The molecule has 0 aliphatic carbocycles. The van der Waals surface area contributed by atoms with E-state index in [1.807, 2.05) is 0 Å². The predicted molar refractivity (Wildman–Crippen MR) is 72.2 cm³/mol. The number of nitrogens with two attached hydrogens (primary N) is 1. The molecule has 4 heteroatoms. The minimum atomic E-state index is -0.545. The topological polar surface area (TPSA) is 69.4 Å². The SMILES string of the molecule is CCCCCCCCCOC(=O)CCC(N)C=O. The van der Waals surface area contributed by atoms with Gasteiger partial charge in [0.1, 0.15) is 6.29 Å². The van der Waals surface area contributed by atoms with Crippen LogP contribution in [0.5, 0.6) is 0 Å². The summed E-state index contributed by atoms with van der Waals surface area (Å²) in [7, 11) is 0. The minimum absolute atomic E-state index is 0.233. The van der Waals surface area contributed by atoms with Crippen molar-refractivity contribution in [1.29, 1.82) is 0 Å². The Bertz CT molecular complexity index is 219. The molecule has 0 bridgehead atoms. The monoisotopic (exact) mass is 257 g/mol. The van der Waals surface area contributed by atoms with Gasteiger partial charge in [-0.1, -0.05) is 45.4 Å². The Morgan fingerprint density at radius 2 is 1.78 bits per heavy atom. The third-order valence-corrected chi connectivity index (χ3v) is 2.87. The maximum Gasteiger partial charge on any atom is 0.305 e. The quantitative estimate of drug-likeness (QED) is 0.331. The first kappa shape index (κ1) is 17.1. The third kappa shape index (κ3) is 11.6. The first-order valence-corrected chi connectivity index (χ1v) is 7.07. The van der Waals surface area contributed by atoms with Gasteiger partial charge >= 0.3 is 5.97 Å². The number of esters is 1. The van der Waals surface area contributed by atoms with Gasteiger partial charge in [0.2, 0.25) is 0 Å². The van der Waals surface area contributed by atoms with Crippen LogP contribution in [0.3, 0.4) is 0 Å². The smallest absolute Gasteiger partial charge is 0.305 e. The van der Waals surface area contributed by atoms with Crippen LogP contribution >= 0.6 is 0 Å². The summed E-state index contributed by atoms with van der Waals surface area (Å²) >= 11 is 0. The normalized spacial score (nSPS) is 12.1. The van der Waals surface area contributed by atoms with E-state index in [4.69, 9.17) is 10.5 Å². The van der Waals surface area contributed by atoms with Crippen molar-refractivity contribution in [1.82, 2.24) is 0 Å². The lowest BCUT2D eigenvalue weighted by molar-refractivity contribution is -0.143. The van der Waals surface area contributed by atoms with Crippen molar-refractivity contribution in [2.24, 2.45) is 5.73 Å². The van der Waals surface area contributed by atoms with E-state index in [2.05, 4.69) is 6.92 Å². The molecule has 0 spiro atoms. The van der Waals surface area contributed by atoms with Gasteiger partial charge in [-0.3, -0.25) is 4.79 Å². The van der Waals surface area contributed by atoms with Crippen LogP contribution in [-0.2, 0) is 14.3 Å². The van der Waals surface area contributed by atoms with Gasteiger partial charge in [0, 0.05) is 6.42 Å². The fourth-order valence-corrected chi connectivity index (χ4v) is 1.67. The lowest BCUT2D eigenvalue weighted by Gasteiger charge is -2.06. The van der Waals surface area contributed by atoms with Gasteiger partial charge < -0.3 is 15.3 Å². The Morgan fingerprint density at radius 3 is 2.39 bits per heavy atom. The lowest BCUT2D eigenvalue weighted by atomic mass is 10.1. The van der Waals surface area contributed by atoms with Gasteiger partial charge in [-0.05, 0) is 12.8 Å². The van der Waals surface area contributed by atoms with Crippen molar-refractivity contribution in [3.05, 3.63) is 0 Å². The standard InChI is InChI=1S/C14H27NO3/c1-2-3-4-5-6-7-8-11-18-14(17)10-9-13(15)12-16/h12-13H,2-11,15H2,1H3. The maximum absolute atomic E-state index is 11.2. The van der Waals surface area contributed by atoms with Crippen molar-refractivity contribution in [2.75, 3.05) is 6.61 Å². The van der Waals surface area contributed by atoms with Crippen LogP contribution in [0.15, 0.2) is 0 Å². The average molecular weight is 257 g/mol. The Balaban J connectivity index is 3.22. The summed E-state index contributed by atoms with van der Waals surface area (Å²) in [4.78, 5) is 21.5. The molecule has 4 nitrogen and oxygen atoms in total. The zero-order valence-electron chi connectivity index (χ0n) is 11.5. The molecule has 1 unspecified atom stereocenters. The summed E-state index contributed by atoms with van der Waals surface area (Å²) in [6.45, 7) is 2.69. The van der Waals surface area contributed by atoms with Gasteiger partial charge in [-0.2, -0.15) is 0 Å². The predicted octanol–water partition coefficient (Wildman–Crippen LogP) is 2.59. The summed E-state index contributed by atoms with van der Waals surface area (Å²) in [5.74, 6) is -0.252. The second-order valence-electron chi connectivity index (χ2n) is 4.68. The number of rotatable bonds is 12. The second-order valence-corrected chi connectivity index (χ2v) is 4.68. The van der Waals surface area contributed by atoms with Gasteiger partial charge in [0.25, 0.3) is 0 Å². The van der Waals surface area contributed by atoms with Gasteiger partial charge in [-0.25, -0.2) is 0 Å². The molecule has 0 fully saturated rings. The molecule has 0 aliphatic heterocycles. The van der Waals surface area contributed by atoms with E-state index < -0.39 is 6.04 Å². The highest BCUT2D eigenvalue weighted by Crippen LogP contribution is 2.07. The van der Waals surface area contributed by atoms with Crippen LogP contribution in [0.1, 0.15) is 64.7 Å². The molecule has 0 aromatic rings. The van der Waals surface area contributed by atoms with Gasteiger partial charge in [0.05, 0.1) is 12.6 Å². The molecule has 0 saturated heterocycles. The number of hydrogen-bond donors (Lipinski definition) is 1. The van der Waals surface area contributed by atoms with E-state index >= 15 is 0 Å². The van der Waals surface area contributed by atoms with E-state index in [0.717, 1.165) is 12.8 Å². The van der Waals surface area contributed by atoms with Crippen molar-refractivity contribution >= 4 is 12.3 Å². The molecule has 0 rings (SSSR count). The van der Waals surface area contributed by atoms with Crippen LogP contribution < -0.4 is 5.73 Å². The number of carbonyl (C=O) groups is 2. The van der Waals surface area contributed by atoms with E-state index in [1.54, 1.807) is 0 Å². The van der Waals surface area contributed by atoms with Gasteiger partial charge in [0.15, 0.2) is 0 Å². The number of unbranched alkanes of at least 4 members (excludes halogenated alkanes) is 6. The first-order valence-electron chi connectivity index (χ1n) is 7.07. The molecule has 0 aromatic heterocycles. The van der Waals surface area contributed by atoms with E-state index in [-0.39, 0.29) is 12.4 Å². The zero-order chi connectivity index (χ0) is 13.6. The average Bonchev–Trinajstić information content (AvgIpc) is 2.39. The molecule has 0 heterocycles. The highest BCUT2D eigenvalue weighted by molar-refractivity contribution is 5.70. The van der Waals surface area contributed by atoms with Gasteiger partial charge in [-0.15, -0.1) is 0 Å². The third-order valence-electron chi connectivity index (χ3n) is 2.87. The zero-order valence-corrected chi connectivity index (χ0v) is 11.5. The Morgan fingerprint density at radius 1 is 1.17 bits per heavy atom. The summed E-state index contributed by atoms with van der Waals surface area (Å²) in [6, 6.07) is -0.545. The van der Waals surface area contributed by atoms with Crippen LogP contribution in [0.2, 0.25) is 0 Å². The van der Waals surface area contributed by atoms with Crippen molar-refractivity contribution in [3.8, 4) is 0 Å². The fraction of sp³-hybridized carbons (Fsp3) is 0.857. The van der Waals surface area contributed by atoms with E-state index in [9.17, 15) is 9.59 Å². The molecule has 106 valence electrons. The molecule has 0 aliphatic rings. The minimum Gasteiger partial charge on any atom is -0.466 e. The van der Waals surface area contributed by atoms with Crippen LogP contribution in [0, 0.1) is 0 Å². The Kier molecular flexibility index (Phi) is 11.9. The highest BCUT2D eigenvalue weighted by Gasteiger charge is 2.06. The molecule has 0 amide bonds. The van der Waals surface area contributed by atoms with Crippen LogP contribution in [0.4, 0.5) is 0 Å². The van der Waals surface area contributed by atoms with Crippen molar-refractivity contribution in [2.45, 2.75) is 70.8 Å². The molecule has 0 saturated carbocycles. The Labute approximate surface area is 110 Å². The van der Waals surface area contributed by atoms with E-state index in [1.165, 1.54) is 32.1 Å². The summed E-state index contributed by atoms with van der Waals surface area (Å²) in [5, 5.41) is 0. The van der Waals surface area contributed by atoms with Crippen molar-refractivity contribution < 1.29 is 14.3 Å². The number of hydrogen-bond acceptors (Lipinski definition) is 4. The first-order chi connectivity index (χ1) is 8.70. The second kappa shape index (κ2) is 12.6. The van der Waals surface area contributed by atoms with Crippen LogP contribution in [0.25, 0.3) is 0 Å². The number of aldehydes is 1. The number of ether oxygens (including phenoxy) is 1. The summed E-state index contributed by atoms with van der Waals surface area (Å²) in [6.07, 6.45) is 9.68. The molecule has 2 N–H and O–H groups in total. The highest BCUT2D eigenvalue weighted by atomic mass is 16.5. The van der Waals surface area contributed by atoms with E-state index in [0.29, 0.717) is 19.3 Å². The lowest BCUT2D eigenvalue weighted by Crippen LogP contribution is -2.22.